The van der Waals surface area contributed by atoms with Crippen molar-refractivity contribution in [2.75, 3.05) is 0 Å². The second kappa shape index (κ2) is 33.4. The van der Waals surface area contributed by atoms with E-state index < -0.39 is 0 Å². The molecule has 0 nitrogen and oxygen atoms in total. The summed E-state index contributed by atoms with van der Waals surface area (Å²) in [7, 11) is 0. The van der Waals surface area contributed by atoms with Crippen molar-refractivity contribution in [3.05, 3.63) is 0 Å². The minimum Gasteiger partial charge on any atom is -0.0625 e. The van der Waals surface area contributed by atoms with Crippen LogP contribution in [0.4, 0.5) is 0 Å². The third-order valence-electron chi connectivity index (χ3n) is 27.4. The highest BCUT2D eigenvalue weighted by atomic mass is 14.5. The maximum atomic E-state index is 2.57. The molecule has 0 aromatic heterocycles. The fourth-order valence-corrected chi connectivity index (χ4v) is 14.9. The lowest BCUT2D eigenvalue weighted by molar-refractivity contribution is 0.0528. The van der Waals surface area contributed by atoms with E-state index in [9.17, 15) is 0 Å². The second-order valence-electron chi connectivity index (χ2n) is 30.7. The minimum atomic E-state index is 0.754. The average Bonchev–Trinajstić information content (AvgIpc) is 3.35. The number of hydrogen-bond acceptors (Lipinski definition) is 0. The van der Waals surface area contributed by atoms with Crippen LogP contribution in [0, 0.1) is 201 Å². The molecule has 28 unspecified atom stereocenters. The van der Waals surface area contributed by atoms with Gasteiger partial charge in [0, 0.05) is 0 Å². The third kappa shape index (κ3) is 20.3. The standard InChI is InChI=1S/2C36H74/c2*1-20(2)22(5)24(7)26(9)28(11)30(13)32(15)34(17)36(19)35(18)33(16)31(14)29(12)27(10)25(8)23(6)21(3)4/h2*20-36H,1-19H3. The summed E-state index contributed by atoms with van der Waals surface area (Å²) in [5, 5.41) is 0. The van der Waals surface area contributed by atoms with E-state index in [1.54, 1.807) is 0 Å². The second-order valence-corrected chi connectivity index (χ2v) is 30.7. The summed E-state index contributed by atoms with van der Waals surface area (Å²) < 4.78 is 0. The normalized spacial score (nSPS) is 25.6. The van der Waals surface area contributed by atoms with E-state index in [1.165, 1.54) is 0 Å². The van der Waals surface area contributed by atoms with Gasteiger partial charge in [-0.05, 0) is 201 Å². The van der Waals surface area contributed by atoms with Crippen LogP contribution in [-0.4, -0.2) is 0 Å². The molecule has 0 heteroatoms. The molecule has 28 atom stereocenters. The zero-order valence-electron chi connectivity index (χ0n) is 57.6. The van der Waals surface area contributed by atoms with Gasteiger partial charge in [-0.1, -0.05) is 263 Å². The van der Waals surface area contributed by atoms with Gasteiger partial charge < -0.3 is 0 Å². The lowest BCUT2D eigenvalue weighted by atomic mass is 9.62. The van der Waals surface area contributed by atoms with Gasteiger partial charge in [0.1, 0.15) is 0 Å². The van der Waals surface area contributed by atoms with Crippen LogP contribution in [0.25, 0.3) is 0 Å². The fourth-order valence-electron chi connectivity index (χ4n) is 14.9. The highest BCUT2D eigenvalue weighted by molar-refractivity contribution is 4.89. The van der Waals surface area contributed by atoms with E-state index in [2.05, 4.69) is 263 Å². The number of hydrogen-bond donors (Lipinski definition) is 0. The van der Waals surface area contributed by atoms with Crippen molar-refractivity contribution in [1.29, 1.82) is 0 Å². The van der Waals surface area contributed by atoms with Gasteiger partial charge in [0.15, 0.2) is 0 Å². The van der Waals surface area contributed by atoms with Crippen molar-refractivity contribution in [3.63, 3.8) is 0 Å². The Hall–Kier alpha value is 0. The van der Waals surface area contributed by atoms with E-state index >= 15 is 0 Å². The molecule has 0 radical (unpaired) electrons. The molecule has 0 saturated carbocycles. The molecule has 0 heterocycles. The van der Waals surface area contributed by atoms with Crippen molar-refractivity contribution >= 4 is 0 Å². The molecule has 0 aliphatic heterocycles. The molecule has 72 heavy (non-hydrogen) atoms. The molecule has 0 aromatic rings. The topological polar surface area (TPSA) is 0 Å². The van der Waals surface area contributed by atoms with E-state index in [-0.39, 0.29) is 0 Å². The molecule has 0 bridgehead atoms. The van der Waals surface area contributed by atoms with Gasteiger partial charge in [0.05, 0.1) is 0 Å². The molecule has 0 aliphatic rings. The van der Waals surface area contributed by atoms with Gasteiger partial charge in [-0.15, -0.1) is 0 Å². The zero-order chi connectivity index (χ0) is 57.6. The van der Waals surface area contributed by atoms with Crippen LogP contribution in [0.2, 0.25) is 0 Å². The lowest BCUT2D eigenvalue weighted by Gasteiger charge is -2.43. The summed E-state index contributed by atoms with van der Waals surface area (Å²) in [6.07, 6.45) is 0. The maximum absolute atomic E-state index is 2.57. The first-order valence-corrected chi connectivity index (χ1v) is 32.6. The molecule has 0 amide bonds. The van der Waals surface area contributed by atoms with E-state index in [1.807, 2.05) is 0 Å². The highest BCUT2D eigenvalue weighted by Crippen LogP contribution is 2.47. The molecular formula is C72H148. The van der Waals surface area contributed by atoms with E-state index in [0.717, 1.165) is 201 Å². The molecule has 0 aromatic carbocycles. The summed E-state index contributed by atoms with van der Waals surface area (Å²) in [5.74, 6) is 26.1. The molecular weight excluding hydrogens is 865 g/mol. The Balaban J connectivity index is 0. The lowest BCUT2D eigenvalue weighted by Crippen LogP contribution is -2.37. The van der Waals surface area contributed by atoms with Gasteiger partial charge >= 0.3 is 0 Å². The Bertz CT molecular complexity index is 1150. The summed E-state index contributed by atoms with van der Waals surface area (Å²) in [6, 6.07) is 0. The SMILES string of the molecule is CC(C)C(C)C(C)C(C)C(C)C(C)C(C)C(C)C(C)C(C)C(C)C(C)C(C)C(C)C(C)C(C)C(C)C.CC(C)C(C)C(C)C(C)C(C)C(C)C(C)C(C)C(C)C(C)C(C)C(C)C(C)C(C)C(C)C(C)C(C)C. The molecule has 0 N–H and O–H groups in total. The van der Waals surface area contributed by atoms with Gasteiger partial charge in [-0.3, -0.25) is 0 Å². The minimum absolute atomic E-state index is 0.754. The van der Waals surface area contributed by atoms with Gasteiger partial charge in [0.2, 0.25) is 0 Å². The third-order valence-corrected chi connectivity index (χ3v) is 27.4. The summed E-state index contributed by atoms with van der Waals surface area (Å²) in [6.45, 7) is 95.2. The van der Waals surface area contributed by atoms with Crippen LogP contribution in [0.15, 0.2) is 0 Å². The van der Waals surface area contributed by atoms with Crippen LogP contribution in [0.1, 0.15) is 263 Å². The zero-order valence-corrected chi connectivity index (χ0v) is 57.6. The fraction of sp³-hybridized carbons (Fsp3) is 1.00. The Kier molecular flexibility index (Phi) is 34.4. The molecule has 0 aliphatic carbocycles. The molecule has 0 spiro atoms. The monoisotopic (exact) mass is 1010 g/mol. The summed E-state index contributed by atoms with van der Waals surface area (Å²) in [5.41, 5.74) is 0. The van der Waals surface area contributed by atoms with Gasteiger partial charge in [-0.2, -0.15) is 0 Å². The summed E-state index contributed by atoms with van der Waals surface area (Å²) in [4.78, 5) is 0. The van der Waals surface area contributed by atoms with Crippen molar-refractivity contribution in [2.45, 2.75) is 263 Å². The predicted molar refractivity (Wildman–Crippen MR) is 334 cm³/mol. The van der Waals surface area contributed by atoms with E-state index in [0.29, 0.717) is 0 Å². The molecule has 436 valence electrons. The van der Waals surface area contributed by atoms with Gasteiger partial charge in [-0.25, -0.2) is 0 Å². The summed E-state index contributed by atoms with van der Waals surface area (Å²) >= 11 is 0. The van der Waals surface area contributed by atoms with Crippen LogP contribution in [-0.2, 0) is 0 Å². The maximum Gasteiger partial charge on any atom is -0.0386 e. The first-order valence-electron chi connectivity index (χ1n) is 32.6. The Morgan fingerprint density at radius 3 is 0.153 bits per heavy atom. The van der Waals surface area contributed by atoms with Crippen LogP contribution >= 0.6 is 0 Å². The largest absolute Gasteiger partial charge is 0.0625 e. The van der Waals surface area contributed by atoms with Crippen molar-refractivity contribution < 1.29 is 0 Å². The Morgan fingerprint density at radius 2 is 0.111 bits per heavy atom. The van der Waals surface area contributed by atoms with Crippen LogP contribution in [0.3, 0.4) is 0 Å². The first kappa shape index (κ1) is 74.1. The van der Waals surface area contributed by atoms with Crippen molar-refractivity contribution in [1.82, 2.24) is 0 Å². The Morgan fingerprint density at radius 1 is 0.0694 bits per heavy atom. The quantitative estimate of drug-likeness (QED) is 0.0630. The van der Waals surface area contributed by atoms with Crippen molar-refractivity contribution in [2.24, 2.45) is 201 Å². The van der Waals surface area contributed by atoms with Gasteiger partial charge in [0.25, 0.3) is 0 Å². The predicted octanol–water partition coefficient (Wildman–Crippen LogP) is 23.7. The average molecular weight is 1010 g/mol. The molecule has 0 saturated heterocycles. The van der Waals surface area contributed by atoms with Crippen LogP contribution in [0.5, 0.6) is 0 Å². The molecule has 0 fully saturated rings. The Labute approximate surface area is 462 Å². The molecule has 0 rings (SSSR count). The van der Waals surface area contributed by atoms with Crippen LogP contribution < -0.4 is 0 Å². The smallest absolute Gasteiger partial charge is 0.0386 e. The van der Waals surface area contributed by atoms with Crippen molar-refractivity contribution in [3.8, 4) is 0 Å². The first-order chi connectivity index (χ1) is 32.6. The number of rotatable bonds is 32. The highest BCUT2D eigenvalue weighted by Gasteiger charge is 2.40. The van der Waals surface area contributed by atoms with E-state index in [4.69, 9.17) is 0 Å².